The molecule has 1 heterocycles. The van der Waals surface area contributed by atoms with Crippen LogP contribution in [0, 0.1) is 0 Å². The van der Waals surface area contributed by atoms with E-state index in [1.807, 2.05) is 35.3 Å². The van der Waals surface area contributed by atoms with Gasteiger partial charge in [-0.15, -0.1) is 24.0 Å². The number of benzene rings is 1. The number of nitrogens with zero attached hydrogens (tertiary/aromatic N) is 4. The molecule has 156 valence electrons. The largest absolute Gasteiger partial charge is 0.357 e. The predicted octanol–water partition coefficient (Wildman–Crippen LogP) is 3.79. The minimum Gasteiger partial charge on any atom is -0.357 e. The fraction of sp³-hybridized carbons (Fsp3) is 0.500. The van der Waals surface area contributed by atoms with E-state index in [2.05, 4.69) is 47.4 Å². The Hall–Kier alpha value is -1.32. The van der Waals surface area contributed by atoms with Crippen molar-refractivity contribution in [2.45, 2.75) is 33.4 Å². The fourth-order valence-electron chi connectivity index (χ4n) is 3.06. The third kappa shape index (κ3) is 7.60. The first-order valence-electron chi connectivity index (χ1n) is 9.65. The van der Waals surface area contributed by atoms with Crippen LogP contribution in [0.5, 0.6) is 0 Å². The zero-order chi connectivity index (χ0) is 19.5. The summed E-state index contributed by atoms with van der Waals surface area (Å²) in [5, 5.41) is 7.51. The molecule has 2 aromatic rings. The molecule has 1 aromatic carbocycles. The van der Waals surface area contributed by atoms with Crippen LogP contribution in [0.15, 0.2) is 48.0 Å². The van der Waals surface area contributed by atoms with Crippen molar-refractivity contribution in [2.75, 3.05) is 32.7 Å². The normalized spacial score (nSPS) is 12.5. The van der Waals surface area contributed by atoms with Crippen molar-refractivity contribution < 1.29 is 0 Å². The molecule has 0 saturated heterocycles. The van der Waals surface area contributed by atoms with Crippen LogP contribution >= 0.6 is 35.6 Å². The molecule has 0 saturated carbocycles. The topological polar surface area (TPSA) is 57.5 Å². The van der Waals surface area contributed by atoms with Crippen LogP contribution in [0.2, 0.25) is 5.02 Å². The number of aliphatic imine (C=N–C) groups is 1. The lowest BCUT2D eigenvalue weighted by atomic mass is 10.1. The lowest BCUT2D eigenvalue weighted by Gasteiger charge is -2.29. The maximum atomic E-state index is 6.48. The van der Waals surface area contributed by atoms with Crippen LogP contribution < -0.4 is 10.6 Å². The maximum absolute atomic E-state index is 6.48. The predicted molar refractivity (Wildman–Crippen MR) is 129 cm³/mol. The summed E-state index contributed by atoms with van der Waals surface area (Å²) in [5.74, 6) is 0.821. The van der Waals surface area contributed by atoms with Crippen molar-refractivity contribution in [3.8, 4) is 0 Å². The Kier molecular flexibility index (Phi) is 12.2. The fourth-order valence-corrected chi connectivity index (χ4v) is 3.32. The van der Waals surface area contributed by atoms with Gasteiger partial charge in [-0.1, -0.05) is 43.6 Å². The second kappa shape index (κ2) is 13.8. The summed E-state index contributed by atoms with van der Waals surface area (Å²) in [6.07, 6.45) is 5.57. The van der Waals surface area contributed by atoms with E-state index in [4.69, 9.17) is 16.6 Å². The molecule has 0 aliphatic carbocycles. The van der Waals surface area contributed by atoms with E-state index in [1.165, 1.54) is 0 Å². The van der Waals surface area contributed by atoms with Gasteiger partial charge in [-0.2, -0.15) is 0 Å². The highest BCUT2D eigenvalue weighted by atomic mass is 127. The van der Waals surface area contributed by atoms with Crippen molar-refractivity contribution in [2.24, 2.45) is 4.99 Å². The number of guanidine groups is 1. The number of halogens is 2. The van der Waals surface area contributed by atoms with Gasteiger partial charge in [0, 0.05) is 37.1 Å². The van der Waals surface area contributed by atoms with Crippen molar-refractivity contribution in [3.05, 3.63) is 53.6 Å². The van der Waals surface area contributed by atoms with Gasteiger partial charge in [0.1, 0.15) is 0 Å². The van der Waals surface area contributed by atoms with E-state index in [9.17, 15) is 0 Å². The zero-order valence-electron chi connectivity index (χ0n) is 16.9. The number of hydrogen-bond donors (Lipinski definition) is 2. The van der Waals surface area contributed by atoms with Crippen molar-refractivity contribution >= 4 is 41.5 Å². The SMILES string of the molecule is CCNC(=NCC(c1ccccc1Cl)N(CC)CC)NCCn1ccnc1.I. The number of rotatable bonds is 10. The monoisotopic (exact) mass is 518 g/mol. The molecule has 6 nitrogen and oxygen atoms in total. The van der Waals surface area contributed by atoms with E-state index in [0.29, 0.717) is 6.54 Å². The average molecular weight is 519 g/mol. The Balaban J connectivity index is 0.00000392. The van der Waals surface area contributed by atoms with E-state index in [1.54, 1.807) is 6.20 Å². The second-order valence-corrected chi connectivity index (χ2v) is 6.61. The third-order valence-corrected chi connectivity index (χ3v) is 4.85. The molecule has 0 amide bonds. The zero-order valence-corrected chi connectivity index (χ0v) is 20.0. The summed E-state index contributed by atoms with van der Waals surface area (Å²) in [6, 6.07) is 8.20. The van der Waals surface area contributed by atoms with E-state index >= 15 is 0 Å². The van der Waals surface area contributed by atoms with E-state index in [0.717, 1.165) is 49.3 Å². The Morgan fingerprint density at radius 2 is 1.96 bits per heavy atom. The smallest absolute Gasteiger partial charge is 0.191 e. The number of nitrogens with one attached hydrogen (secondary N) is 2. The Morgan fingerprint density at radius 1 is 1.21 bits per heavy atom. The number of aromatic nitrogens is 2. The van der Waals surface area contributed by atoms with Gasteiger partial charge in [0.2, 0.25) is 0 Å². The van der Waals surface area contributed by atoms with Gasteiger partial charge >= 0.3 is 0 Å². The lowest BCUT2D eigenvalue weighted by molar-refractivity contribution is 0.224. The molecule has 0 aliphatic heterocycles. The highest BCUT2D eigenvalue weighted by Crippen LogP contribution is 2.27. The molecular weight excluding hydrogens is 487 g/mol. The molecule has 0 radical (unpaired) electrons. The molecule has 0 aliphatic rings. The van der Waals surface area contributed by atoms with E-state index < -0.39 is 0 Å². The molecular formula is C20H32ClIN6. The van der Waals surface area contributed by atoms with Crippen LogP contribution in [0.4, 0.5) is 0 Å². The van der Waals surface area contributed by atoms with Gasteiger partial charge in [-0.05, 0) is 31.6 Å². The minimum absolute atomic E-state index is 0. The number of likely N-dealkylation sites (N-methyl/N-ethyl adjacent to an activating group) is 1. The van der Waals surface area contributed by atoms with Gasteiger partial charge < -0.3 is 15.2 Å². The van der Waals surface area contributed by atoms with Gasteiger partial charge in [0.05, 0.1) is 18.9 Å². The minimum atomic E-state index is 0. The average Bonchev–Trinajstić information content (AvgIpc) is 3.19. The molecule has 0 fully saturated rings. The molecule has 2 rings (SSSR count). The Labute approximate surface area is 190 Å². The summed E-state index contributed by atoms with van der Waals surface area (Å²) in [4.78, 5) is 11.3. The second-order valence-electron chi connectivity index (χ2n) is 6.21. The number of imidazole rings is 1. The van der Waals surface area contributed by atoms with Crippen LogP contribution in [0.1, 0.15) is 32.4 Å². The van der Waals surface area contributed by atoms with Gasteiger partial charge in [-0.25, -0.2) is 4.98 Å². The number of hydrogen-bond acceptors (Lipinski definition) is 3. The molecule has 1 unspecified atom stereocenters. The maximum Gasteiger partial charge on any atom is 0.191 e. The summed E-state index contributed by atoms with van der Waals surface area (Å²) < 4.78 is 2.04. The summed E-state index contributed by atoms with van der Waals surface area (Å²) in [6.45, 7) is 11.4. The standard InChI is InChI=1S/C20H31ClN6.HI/c1-4-23-20(24-12-14-26-13-11-22-16-26)25-15-19(27(5-2)6-3)17-9-7-8-10-18(17)21;/h7-11,13,16,19H,4-6,12,14-15H2,1-3H3,(H2,23,24,25);1H. The quantitative estimate of drug-likeness (QED) is 0.285. The summed E-state index contributed by atoms with van der Waals surface area (Å²) in [7, 11) is 0. The van der Waals surface area contributed by atoms with Crippen LogP contribution in [0.25, 0.3) is 0 Å². The van der Waals surface area contributed by atoms with Crippen molar-refractivity contribution in [3.63, 3.8) is 0 Å². The van der Waals surface area contributed by atoms with E-state index in [-0.39, 0.29) is 30.0 Å². The van der Waals surface area contributed by atoms with Crippen molar-refractivity contribution in [1.29, 1.82) is 0 Å². The van der Waals surface area contributed by atoms with Gasteiger partial charge in [0.25, 0.3) is 0 Å². The summed E-state index contributed by atoms with van der Waals surface area (Å²) in [5.41, 5.74) is 1.13. The molecule has 0 bridgehead atoms. The van der Waals surface area contributed by atoms with Gasteiger partial charge in [0.15, 0.2) is 5.96 Å². The highest BCUT2D eigenvalue weighted by Gasteiger charge is 2.20. The van der Waals surface area contributed by atoms with Gasteiger partial charge in [-0.3, -0.25) is 9.89 Å². The molecule has 28 heavy (non-hydrogen) atoms. The first-order chi connectivity index (χ1) is 13.2. The van der Waals surface area contributed by atoms with Crippen LogP contribution in [-0.2, 0) is 6.54 Å². The summed E-state index contributed by atoms with van der Waals surface area (Å²) >= 11 is 6.48. The van der Waals surface area contributed by atoms with Crippen LogP contribution in [-0.4, -0.2) is 53.1 Å². The van der Waals surface area contributed by atoms with Crippen LogP contribution in [0.3, 0.4) is 0 Å². The highest BCUT2D eigenvalue weighted by molar-refractivity contribution is 14.0. The molecule has 0 spiro atoms. The first kappa shape index (κ1) is 24.7. The molecule has 1 atom stereocenters. The third-order valence-electron chi connectivity index (χ3n) is 4.51. The first-order valence-corrected chi connectivity index (χ1v) is 10.0. The molecule has 1 aromatic heterocycles. The Morgan fingerprint density at radius 3 is 2.57 bits per heavy atom. The molecule has 8 heteroatoms. The lowest BCUT2D eigenvalue weighted by Crippen LogP contribution is -2.40. The molecule has 2 N–H and O–H groups in total. The van der Waals surface area contributed by atoms with Crippen molar-refractivity contribution in [1.82, 2.24) is 25.1 Å². The Bertz CT molecular complexity index is 688.